The van der Waals surface area contributed by atoms with Crippen molar-refractivity contribution in [1.29, 1.82) is 0 Å². The molecule has 0 unspecified atom stereocenters. The van der Waals surface area contributed by atoms with E-state index in [9.17, 15) is 4.79 Å². The number of rotatable bonds is 7. The Hall–Kier alpha value is -3.80. The van der Waals surface area contributed by atoms with Gasteiger partial charge in [0.25, 0.3) is 0 Å². The molecule has 29 heavy (non-hydrogen) atoms. The van der Waals surface area contributed by atoms with Gasteiger partial charge in [0.05, 0.1) is 26.9 Å². The lowest BCUT2D eigenvalue weighted by Crippen LogP contribution is -2.10. The van der Waals surface area contributed by atoms with Gasteiger partial charge >= 0.3 is 5.97 Å². The Labute approximate surface area is 169 Å². The van der Waals surface area contributed by atoms with Crippen LogP contribution in [0.25, 0.3) is 12.2 Å². The van der Waals surface area contributed by atoms with E-state index in [0.717, 1.165) is 11.1 Å². The third-order valence-electron chi connectivity index (χ3n) is 4.15. The number of hydrogen-bond donors (Lipinski definition) is 0. The van der Waals surface area contributed by atoms with Crippen molar-refractivity contribution in [2.45, 2.75) is 0 Å². The molecule has 0 aliphatic rings. The van der Waals surface area contributed by atoms with Crippen molar-refractivity contribution in [3.63, 3.8) is 0 Å². The fraction of sp³-hybridized carbons (Fsp3) is 0.130. The van der Waals surface area contributed by atoms with Crippen LogP contribution in [0.1, 0.15) is 21.5 Å². The lowest BCUT2D eigenvalue weighted by atomic mass is 10.1. The number of esters is 1. The summed E-state index contributed by atoms with van der Waals surface area (Å²) >= 11 is 0. The fourth-order valence-corrected chi connectivity index (χ4v) is 2.62. The van der Waals surface area contributed by atoms with Crippen LogP contribution in [-0.4, -0.2) is 32.3 Å². The molecule has 0 atom stereocenters. The zero-order valence-corrected chi connectivity index (χ0v) is 16.4. The molecule has 3 aromatic rings. The topological polar surface area (TPSA) is 66.9 Å². The summed E-state index contributed by atoms with van der Waals surface area (Å²) < 4.78 is 21.3. The first-order chi connectivity index (χ1) is 14.1. The van der Waals surface area contributed by atoms with E-state index in [2.05, 4.69) is 4.98 Å². The van der Waals surface area contributed by atoms with E-state index in [-0.39, 0.29) is 0 Å². The minimum atomic E-state index is -0.541. The number of carbonyl (C=O) groups is 1. The first-order valence-electron chi connectivity index (χ1n) is 8.84. The smallest absolute Gasteiger partial charge is 0.343 e. The van der Waals surface area contributed by atoms with Gasteiger partial charge in [0.1, 0.15) is 11.5 Å². The molecular formula is C23H21NO5. The van der Waals surface area contributed by atoms with Crippen LogP contribution in [0.15, 0.2) is 60.9 Å². The SMILES string of the molecule is COc1cc(OC)cc(C(=O)Oc2ccc(/C=C/c3ccncc3)cc2OC)c1. The van der Waals surface area contributed by atoms with E-state index in [1.165, 1.54) is 21.3 Å². The van der Waals surface area contributed by atoms with Crippen LogP contribution in [0, 0.1) is 0 Å². The molecule has 1 heterocycles. The summed E-state index contributed by atoms with van der Waals surface area (Å²) in [5.41, 5.74) is 2.24. The molecule has 0 radical (unpaired) electrons. The molecule has 6 nitrogen and oxygen atoms in total. The summed E-state index contributed by atoms with van der Waals surface area (Å²) in [6, 6.07) is 14.0. The van der Waals surface area contributed by atoms with Crippen LogP contribution >= 0.6 is 0 Å². The minimum Gasteiger partial charge on any atom is -0.497 e. The molecule has 1 aromatic heterocycles. The maximum atomic E-state index is 12.6. The largest absolute Gasteiger partial charge is 0.497 e. The molecular weight excluding hydrogens is 370 g/mol. The first-order valence-corrected chi connectivity index (χ1v) is 8.84. The van der Waals surface area contributed by atoms with Crippen molar-refractivity contribution >= 4 is 18.1 Å². The second-order valence-corrected chi connectivity index (χ2v) is 6.02. The maximum Gasteiger partial charge on any atom is 0.343 e. The van der Waals surface area contributed by atoms with Gasteiger partial charge in [-0.3, -0.25) is 4.98 Å². The summed E-state index contributed by atoms with van der Waals surface area (Å²) in [5.74, 6) is 1.23. The maximum absolute atomic E-state index is 12.6. The second kappa shape index (κ2) is 9.41. The monoisotopic (exact) mass is 391 g/mol. The van der Waals surface area contributed by atoms with Gasteiger partial charge in [-0.1, -0.05) is 18.2 Å². The molecule has 148 valence electrons. The highest BCUT2D eigenvalue weighted by Gasteiger charge is 2.15. The van der Waals surface area contributed by atoms with E-state index < -0.39 is 5.97 Å². The molecule has 6 heteroatoms. The molecule has 2 aromatic carbocycles. The number of methoxy groups -OCH3 is 3. The molecule has 0 amide bonds. The van der Waals surface area contributed by atoms with Crippen LogP contribution in [0.4, 0.5) is 0 Å². The number of nitrogens with zero attached hydrogens (tertiary/aromatic N) is 1. The number of hydrogen-bond acceptors (Lipinski definition) is 6. The van der Waals surface area contributed by atoms with Crippen molar-refractivity contribution in [2.75, 3.05) is 21.3 Å². The number of aromatic nitrogens is 1. The molecule has 0 N–H and O–H groups in total. The van der Waals surface area contributed by atoms with E-state index in [4.69, 9.17) is 18.9 Å². The lowest BCUT2D eigenvalue weighted by molar-refractivity contribution is 0.0729. The van der Waals surface area contributed by atoms with E-state index in [0.29, 0.717) is 28.6 Å². The van der Waals surface area contributed by atoms with Gasteiger partial charge < -0.3 is 18.9 Å². The average molecular weight is 391 g/mol. The van der Waals surface area contributed by atoms with Crippen LogP contribution in [0.5, 0.6) is 23.0 Å². The van der Waals surface area contributed by atoms with E-state index >= 15 is 0 Å². The molecule has 0 saturated heterocycles. The molecule has 0 aliphatic heterocycles. The van der Waals surface area contributed by atoms with Crippen LogP contribution in [0.2, 0.25) is 0 Å². The quantitative estimate of drug-likeness (QED) is 0.436. The summed E-state index contributed by atoms with van der Waals surface area (Å²) in [6.07, 6.45) is 7.37. The summed E-state index contributed by atoms with van der Waals surface area (Å²) in [4.78, 5) is 16.6. The highest BCUT2D eigenvalue weighted by molar-refractivity contribution is 5.92. The van der Waals surface area contributed by atoms with Crippen molar-refractivity contribution in [1.82, 2.24) is 4.98 Å². The molecule has 0 fully saturated rings. The Balaban J connectivity index is 1.80. The lowest BCUT2D eigenvalue weighted by Gasteiger charge is -2.11. The molecule has 3 rings (SSSR count). The Morgan fingerprint density at radius 1 is 0.759 bits per heavy atom. The van der Waals surface area contributed by atoms with Gasteiger partial charge in [-0.15, -0.1) is 0 Å². The number of benzene rings is 2. The molecule has 0 saturated carbocycles. The van der Waals surface area contributed by atoms with Crippen molar-refractivity contribution in [3.05, 3.63) is 77.6 Å². The van der Waals surface area contributed by atoms with Gasteiger partial charge in [0.2, 0.25) is 0 Å². The van der Waals surface area contributed by atoms with Crippen molar-refractivity contribution in [2.24, 2.45) is 0 Å². The Morgan fingerprint density at radius 3 is 2.03 bits per heavy atom. The highest BCUT2D eigenvalue weighted by atomic mass is 16.6. The fourth-order valence-electron chi connectivity index (χ4n) is 2.62. The minimum absolute atomic E-state index is 0.310. The van der Waals surface area contributed by atoms with Gasteiger partial charge in [0, 0.05) is 18.5 Å². The van der Waals surface area contributed by atoms with Gasteiger partial charge in [-0.05, 0) is 47.5 Å². The zero-order chi connectivity index (χ0) is 20.6. The van der Waals surface area contributed by atoms with Crippen molar-refractivity contribution < 1.29 is 23.7 Å². The van der Waals surface area contributed by atoms with Gasteiger partial charge in [-0.25, -0.2) is 4.79 Å². The Morgan fingerprint density at radius 2 is 1.41 bits per heavy atom. The standard InChI is InChI=1S/C23H21NO5/c1-26-19-13-18(14-20(15-19)27-2)23(25)29-21-7-6-17(12-22(21)28-3)5-4-16-8-10-24-11-9-16/h4-15H,1-3H3/b5-4+. The summed E-state index contributed by atoms with van der Waals surface area (Å²) in [6.45, 7) is 0. The zero-order valence-electron chi connectivity index (χ0n) is 16.4. The van der Waals surface area contributed by atoms with E-state index in [1.807, 2.05) is 30.4 Å². The van der Waals surface area contributed by atoms with Crippen LogP contribution < -0.4 is 18.9 Å². The van der Waals surface area contributed by atoms with Crippen LogP contribution in [0.3, 0.4) is 0 Å². The molecule has 0 aliphatic carbocycles. The Bertz CT molecular complexity index is 993. The summed E-state index contributed by atoms with van der Waals surface area (Å²) in [5, 5.41) is 0. The molecule has 0 spiro atoms. The molecule has 0 bridgehead atoms. The average Bonchev–Trinajstić information content (AvgIpc) is 2.78. The number of ether oxygens (including phenoxy) is 4. The van der Waals surface area contributed by atoms with Gasteiger partial charge in [-0.2, -0.15) is 0 Å². The normalized spacial score (nSPS) is 10.6. The first kappa shape index (κ1) is 19.9. The third kappa shape index (κ3) is 5.13. The van der Waals surface area contributed by atoms with Crippen LogP contribution in [-0.2, 0) is 0 Å². The van der Waals surface area contributed by atoms with E-state index in [1.54, 1.807) is 42.7 Å². The third-order valence-corrected chi connectivity index (χ3v) is 4.15. The Kier molecular flexibility index (Phi) is 6.47. The number of pyridine rings is 1. The van der Waals surface area contributed by atoms with Crippen molar-refractivity contribution in [3.8, 4) is 23.0 Å². The van der Waals surface area contributed by atoms with Gasteiger partial charge in [0.15, 0.2) is 11.5 Å². The number of carbonyl (C=O) groups excluding carboxylic acids is 1. The summed E-state index contributed by atoms with van der Waals surface area (Å²) in [7, 11) is 4.56. The predicted octanol–water partition coefficient (Wildman–Crippen LogP) is 4.50. The highest BCUT2D eigenvalue weighted by Crippen LogP contribution is 2.30. The second-order valence-electron chi connectivity index (χ2n) is 6.02. The predicted molar refractivity (Wildman–Crippen MR) is 111 cm³/mol.